The summed E-state index contributed by atoms with van der Waals surface area (Å²) in [5.74, 6) is 1.84. The largest absolute Gasteiger partial charge is 0.502 e. The van der Waals surface area contributed by atoms with E-state index in [1.54, 1.807) is 36.4 Å². The van der Waals surface area contributed by atoms with E-state index in [0.717, 1.165) is 36.3 Å². The van der Waals surface area contributed by atoms with Gasteiger partial charge in [-0.3, -0.25) is 0 Å². The third-order valence-corrected chi connectivity index (χ3v) is 8.41. The van der Waals surface area contributed by atoms with Gasteiger partial charge in [-0.25, -0.2) is 0 Å². The van der Waals surface area contributed by atoms with Crippen molar-refractivity contribution in [3.63, 3.8) is 0 Å². The maximum absolute atomic E-state index is 10.2. The molecule has 53 heavy (non-hydrogen) atoms. The lowest BCUT2D eigenvalue weighted by Gasteiger charge is -2.34. The third-order valence-electron chi connectivity index (χ3n) is 8.41. The van der Waals surface area contributed by atoms with E-state index in [-0.39, 0.29) is 17.2 Å². The maximum atomic E-state index is 10.2. The van der Waals surface area contributed by atoms with E-state index in [4.69, 9.17) is 42.6 Å². The predicted octanol–water partition coefficient (Wildman–Crippen LogP) is 5.79. The van der Waals surface area contributed by atoms with Gasteiger partial charge in [0.1, 0.15) is 19.6 Å². The van der Waals surface area contributed by atoms with Crippen LogP contribution in [0, 0.1) is 0 Å². The molecule has 0 aromatic heterocycles. The van der Waals surface area contributed by atoms with Crippen molar-refractivity contribution in [2.75, 3.05) is 109 Å². The van der Waals surface area contributed by atoms with E-state index in [1.165, 1.54) is 42.7 Å². The molecule has 0 saturated carbocycles. The van der Waals surface area contributed by atoms with E-state index >= 15 is 0 Å². The normalized spacial score (nSPS) is 11.8. The van der Waals surface area contributed by atoms with Crippen molar-refractivity contribution in [1.29, 1.82) is 0 Å². The molecule has 3 N–H and O–H groups in total. The fourth-order valence-corrected chi connectivity index (χ4v) is 5.23. The molecule has 0 saturated heterocycles. The second kappa shape index (κ2) is 22.1. The molecule has 0 unspecified atom stereocenters. The molecule has 3 aromatic rings. The van der Waals surface area contributed by atoms with Gasteiger partial charge in [-0.1, -0.05) is 36.5 Å². The van der Waals surface area contributed by atoms with E-state index in [0.29, 0.717) is 78.6 Å². The van der Waals surface area contributed by atoms with Crippen molar-refractivity contribution < 1.29 is 62.4 Å². The Morgan fingerprint density at radius 2 is 0.660 bits per heavy atom. The highest BCUT2D eigenvalue weighted by molar-refractivity contribution is 5.63. The lowest BCUT2D eigenvalue weighted by molar-refractivity contribution is -0.910. The van der Waals surface area contributed by atoms with Crippen LogP contribution in [-0.4, -0.2) is 129 Å². The first kappa shape index (κ1) is 42.3. The highest BCUT2D eigenvalue weighted by Gasteiger charge is 2.21. The molecule has 0 bridgehead atoms. The summed E-state index contributed by atoms with van der Waals surface area (Å²) in [6, 6.07) is 10.4. The molecule has 0 radical (unpaired) electrons. The van der Waals surface area contributed by atoms with Gasteiger partial charge in [0.05, 0.1) is 89.3 Å². The number of nitrogens with zero attached hydrogens (tertiary/aromatic N) is 1. The summed E-state index contributed by atoms with van der Waals surface area (Å²) in [4.78, 5) is 0. The molecule has 3 rings (SSSR count). The Hall–Kier alpha value is -5.08. The fourth-order valence-electron chi connectivity index (χ4n) is 5.23. The quantitative estimate of drug-likeness (QED) is 0.0756. The van der Waals surface area contributed by atoms with Crippen LogP contribution >= 0.6 is 0 Å². The van der Waals surface area contributed by atoms with Crippen LogP contribution < -0.4 is 28.4 Å². The van der Waals surface area contributed by atoms with Crippen LogP contribution in [0.1, 0.15) is 16.7 Å². The minimum Gasteiger partial charge on any atom is -0.502 e. The molecule has 290 valence electrons. The molecule has 0 fully saturated rings. The van der Waals surface area contributed by atoms with Gasteiger partial charge in [0.25, 0.3) is 0 Å². The summed E-state index contributed by atoms with van der Waals surface area (Å²) < 4.78 is 50.0. The number of phenolic OH excluding ortho intramolecular Hbond substituents is 3. The highest BCUT2D eigenvalue weighted by Crippen LogP contribution is 2.39. The Morgan fingerprint density at radius 1 is 0.434 bits per heavy atom. The smallest absolute Gasteiger partial charge is 0.200 e. The molecule has 0 heterocycles. The summed E-state index contributed by atoms with van der Waals surface area (Å²) in [6.07, 6.45) is 11.4. The third kappa shape index (κ3) is 13.1. The first-order valence-corrected chi connectivity index (χ1v) is 17.0. The molecule has 3 aromatic carbocycles. The Bertz CT molecular complexity index is 1400. The molecular formula is C40H54NO12+. The van der Waals surface area contributed by atoms with Gasteiger partial charge in [0, 0.05) is 0 Å². The topological polar surface area (TPSA) is 144 Å². The number of aromatic hydroxyl groups is 3. The summed E-state index contributed by atoms with van der Waals surface area (Å²) >= 11 is 0. The van der Waals surface area contributed by atoms with Gasteiger partial charge in [-0.15, -0.1) is 0 Å². The van der Waals surface area contributed by atoms with Crippen molar-refractivity contribution in [3.8, 4) is 51.7 Å². The van der Waals surface area contributed by atoms with Crippen LogP contribution in [0.5, 0.6) is 51.7 Å². The molecule has 0 amide bonds. The monoisotopic (exact) mass is 740 g/mol. The van der Waals surface area contributed by atoms with Crippen LogP contribution in [0.4, 0.5) is 0 Å². The summed E-state index contributed by atoms with van der Waals surface area (Å²) in [7, 11) is 11.1. The van der Waals surface area contributed by atoms with Gasteiger partial charge >= 0.3 is 0 Å². The highest BCUT2D eigenvalue weighted by atomic mass is 16.5. The van der Waals surface area contributed by atoms with E-state index in [9.17, 15) is 15.3 Å². The maximum Gasteiger partial charge on any atom is 0.200 e. The number of benzene rings is 3. The molecule has 0 aliphatic carbocycles. The number of hydrogen-bond donors (Lipinski definition) is 3. The van der Waals surface area contributed by atoms with Gasteiger partial charge < -0.3 is 62.4 Å². The molecular weight excluding hydrogens is 686 g/mol. The Kier molecular flexibility index (Phi) is 17.6. The van der Waals surface area contributed by atoms with E-state index in [1.807, 2.05) is 36.5 Å². The fraction of sp³-hybridized carbons (Fsp3) is 0.400. The van der Waals surface area contributed by atoms with Crippen LogP contribution in [0.15, 0.2) is 54.6 Å². The summed E-state index contributed by atoms with van der Waals surface area (Å²) in [5, 5.41) is 30.5. The van der Waals surface area contributed by atoms with Crippen molar-refractivity contribution >= 4 is 18.2 Å². The molecule has 13 heteroatoms. The summed E-state index contributed by atoms with van der Waals surface area (Å²) in [5.41, 5.74) is 2.43. The molecule has 0 aliphatic rings. The number of hydrogen-bond acceptors (Lipinski definition) is 12. The number of phenols is 3. The second-order valence-corrected chi connectivity index (χ2v) is 12.0. The number of likely N-dealkylation sites (N-methyl/N-ethyl adjacent to an activating group) is 1. The van der Waals surface area contributed by atoms with Crippen molar-refractivity contribution in [3.05, 3.63) is 71.3 Å². The van der Waals surface area contributed by atoms with Gasteiger partial charge in [0.2, 0.25) is 17.2 Å². The zero-order valence-electron chi connectivity index (χ0n) is 31.8. The molecule has 13 nitrogen and oxygen atoms in total. The molecule has 0 aliphatic heterocycles. The number of quaternary nitrogens is 1. The average molecular weight is 741 g/mol. The second-order valence-electron chi connectivity index (χ2n) is 12.0. The molecule has 0 atom stereocenters. The van der Waals surface area contributed by atoms with Gasteiger partial charge in [-0.2, -0.15) is 0 Å². The van der Waals surface area contributed by atoms with Crippen molar-refractivity contribution in [2.24, 2.45) is 0 Å². The number of rotatable bonds is 24. The van der Waals surface area contributed by atoms with Crippen LogP contribution in [0.2, 0.25) is 0 Å². The number of ether oxygens (including phenoxy) is 9. The summed E-state index contributed by atoms with van der Waals surface area (Å²) in [6.45, 7) is 4.91. The van der Waals surface area contributed by atoms with Crippen LogP contribution in [-0.2, 0) is 14.2 Å². The lowest BCUT2D eigenvalue weighted by Crippen LogP contribution is -2.50. The lowest BCUT2D eigenvalue weighted by atomic mass is 10.1. The van der Waals surface area contributed by atoms with Crippen LogP contribution in [0.25, 0.3) is 18.2 Å². The first-order valence-electron chi connectivity index (χ1n) is 17.0. The zero-order chi connectivity index (χ0) is 38.6. The molecule has 0 spiro atoms. The Balaban J connectivity index is 1.55. The zero-order valence-corrected chi connectivity index (χ0v) is 31.8. The minimum atomic E-state index is -0.0437. The predicted molar refractivity (Wildman–Crippen MR) is 204 cm³/mol. The van der Waals surface area contributed by atoms with E-state index < -0.39 is 0 Å². The van der Waals surface area contributed by atoms with Gasteiger partial charge in [-0.05, 0) is 53.1 Å². The van der Waals surface area contributed by atoms with E-state index in [2.05, 4.69) is 7.05 Å². The minimum absolute atomic E-state index is 0.0437. The Morgan fingerprint density at radius 3 is 0.868 bits per heavy atom. The van der Waals surface area contributed by atoms with Crippen molar-refractivity contribution in [2.45, 2.75) is 0 Å². The first-order chi connectivity index (χ1) is 25.6. The van der Waals surface area contributed by atoms with Crippen LogP contribution in [0.3, 0.4) is 0 Å². The SMILES string of the molecule is COc1cc(/C=C/COCC[N+](C)(CCOC/C=C/c2cc(OC)c(O)c(OC)c2)CCOC/C=C/c2cc(OC)c(O)c(OC)c2)cc(OC)c1O. The van der Waals surface area contributed by atoms with Crippen molar-refractivity contribution in [1.82, 2.24) is 0 Å². The average Bonchev–Trinajstić information content (AvgIpc) is 3.17. The Labute approximate surface area is 312 Å². The number of methoxy groups -OCH3 is 6. The van der Waals surface area contributed by atoms with Gasteiger partial charge in [0.15, 0.2) is 34.5 Å². The standard InChI is InChI=1S/C40H53NO12/c1-41(14-20-51-17-8-11-29-23-32(45-2)38(42)33(24-29)46-3,15-21-52-18-9-12-30-25-34(47-4)39(43)35(26-30)48-5)16-22-53-19-10-13-31-27-36(49-6)40(44)37(28-31)50-7/h8-13,23-28H,14-22H2,1-7H3,(H2-,42,43,44)/p+1/b11-8+,12-9+,13-10+.